The minimum absolute atomic E-state index is 0.0972. The van der Waals surface area contributed by atoms with Gasteiger partial charge < -0.3 is 9.47 Å². The van der Waals surface area contributed by atoms with Crippen molar-refractivity contribution in [2.75, 3.05) is 13.2 Å². The van der Waals surface area contributed by atoms with Crippen LogP contribution in [0.4, 0.5) is 0 Å². The molecule has 132 valence electrons. The predicted molar refractivity (Wildman–Crippen MR) is 107 cm³/mol. The Balaban J connectivity index is 1.71. The lowest BCUT2D eigenvalue weighted by atomic mass is 10.2. The first-order valence-corrected chi connectivity index (χ1v) is 9.18. The standard InChI is InChI=1S/C19H21IN2O3/c1-2-3-12-24-17-8-10-18(11-9-17)25-14-19(23)22-21-13-15-4-6-16(20)7-5-15/h4-11,13H,2-3,12,14H2,1H3,(H,22,23)/b21-13+. The van der Waals surface area contributed by atoms with Crippen LogP contribution in [0.15, 0.2) is 53.6 Å². The molecule has 25 heavy (non-hydrogen) atoms. The zero-order valence-electron chi connectivity index (χ0n) is 14.1. The number of hydrogen-bond acceptors (Lipinski definition) is 4. The normalized spacial score (nSPS) is 10.6. The largest absolute Gasteiger partial charge is 0.494 e. The third-order valence-electron chi connectivity index (χ3n) is 3.23. The van der Waals surface area contributed by atoms with E-state index in [1.165, 1.54) is 0 Å². The first kappa shape index (κ1) is 19.2. The number of amides is 1. The number of nitrogens with zero attached hydrogens (tertiary/aromatic N) is 1. The molecule has 1 amide bonds. The van der Waals surface area contributed by atoms with Crippen molar-refractivity contribution in [3.8, 4) is 11.5 Å². The van der Waals surface area contributed by atoms with Crippen LogP contribution in [0, 0.1) is 3.57 Å². The number of carbonyl (C=O) groups excluding carboxylic acids is 1. The number of hydrogen-bond donors (Lipinski definition) is 1. The lowest BCUT2D eigenvalue weighted by molar-refractivity contribution is -0.123. The first-order valence-electron chi connectivity index (χ1n) is 8.10. The second-order valence-electron chi connectivity index (χ2n) is 5.31. The number of carbonyl (C=O) groups is 1. The number of ether oxygens (including phenoxy) is 2. The van der Waals surface area contributed by atoms with Crippen molar-refractivity contribution in [3.05, 3.63) is 57.7 Å². The van der Waals surface area contributed by atoms with Gasteiger partial charge in [-0.1, -0.05) is 25.5 Å². The molecule has 0 aliphatic rings. The molecule has 6 heteroatoms. The lowest BCUT2D eigenvalue weighted by Crippen LogP contribution is -2.24. The molecule has 0 aromatic heterocycles. The van der Waals surface area contributed by atoms with Crippen LogP contribution in [-0.2, 0) is 4.79 Å². The van der Waals surface area contributed by atoms with E-state index >= 15 is 0 Å². The van der Waals surface area contributed by atoms with Gasteiger partial charge in [0.1, 0.15) is 11.5 Å². The average molecular weight is 452 g/mol. The highest BCUT2D eigenvalue weighted by Gasteiger charge is 2.02. The smallest absolute Gasteiger partial charge is 0.277 e. The number of nitrogens with one attached hydrogen (secondary N) is 1. The molecule has 5 nitrogen and oxygen atoms in total. The Kier molecular flexibility index (Phi) is 8.24. The van der Waals surface area contributed by atoms with Gasteiger partial charge in [-0.3, -0.25) is 4.79 Å². The minimum atomic E-state index is -0.315. The van der Waals surface area contributed by atoms with E-state index in [1.54, 1.807) is 18.3 Å². The molecule has 0 heterocycles. The van der Waals surface area contributed by atoms with Crippen molar-refractivity contribution < 1.29 is 14.3 Å². The number of unbranched alkanes of at least 4 members (excludes halogenated alkanes) is 1. The highest BCUT2D eigenvalue weighted by molar-refractivity contribution is 14.1. The molecule has 2 rings (SSSR count). The Hall–Kier alpha value is -2.09. The summed E-state index contributed by atoms with van der Waals surface area (Å²) in [7, 11) is 0. The van der Waals surface area contributed by atoms with Gasteiger partial charge in [0.2, 0.25) is 0 Å². The molecule has 0 bridgehead atoms. The lowest BCUT2D eigenvalue weighted by Gasteiger charge is -2.07. The summed E-state index contributed by atoms with van der Waals surface area (Å²) in [6, 6.07) is 15.0. The van der Waals surface area contributed by atoms with Gasteiger partial charge in [-0.2, -0.15) is 5.10 Å². The summed E-state index contributed by atoms with van der Waals surface area (Å²) in [6.45, 7) is 2.73. The molecular formula is C19H21IN2O3. The van der Waals surface area contributed by atoms with Gasteiger partial charge in [-0.05, 0) is 71.0 Å². The van der Waals surface area contributed by atoms with Crippen LogP contribution in [0.1, 0.15) is 25.3 Å². The van der Waals surface area contributed by atoms with Gasteiger partial charge in [0, 0.05) is 3.57 Å². The monoisotopic (exact) mass is 452 g/mol. The molecule has 2 aromatic carbocycles. The SMILES string of the molecule is CCCCOc1ccc(OCC(=O)N/N=C/c2ccc(I)cc2)cc1. The third-order valence-corrected chi connectivity index (χ3v) is 3.95. The molecule has 0 aliphatic heterocycles. The average Bonchev–Trinajstić information content (AvgIpc) is 2.63. The maximum Gasteiger partial charge on any atom is 0.277 e. The van der Waals surface area contributed by atoms with Crippen LogP contribution in [0.25, 0.3) is 0 Å². The summed E-state index contributed by atoms with van der Waals surface area (Å²) in [4.78, 5) is 11.7. The van der Waals surface area contributed by atoms with Crippen molar-refractivity contribution in [2.24, 2.45) is 5.10 Å². The Morgan fingerprint density at radius 1 is 1.08 bits per heavy atom. The molecule has 0 aliphatic carbocycles. The van der Waals surface area contributed by atoms with Crippen molar-refractivity contribution in [1.82, 2.24) is 5.43 Å². The zero-order valence-corrected chi connectivity index (χ0v) is 16.2. The highest BCUT2D eigenvalue weighted by Crippen LogP contribution is 2.17. The zero-order chi connectivity index (χ0) is 17.9. The fourth-order valence-electron chi connectivity index (χ4n) is 1.88. The van der Waals surface area contributed by atoms with E-state index in [-0.39, 0.29) is 12.5 Å². The van der Waals surface area contributed by atoms with Crippen LogP contribution >= 0.6 is 22.6 Å². The highest BCUT2D eigenvalue weighted by atomic mass is 127. The van der Waals surface area contributed by atoms with Crippen LogP contribution < -0.4 is 14.9 Å². The molecule has 0 radical (unpaired) electrons. The van der Waals surface area contributed by atoms with E-state index < -0.39 is 0 Å². The molecule has 0 saturated heterocycles. The fourth-order valence-corrected chi connectivity index (χ4v) is 2.23. The number of hydrazone groups is 1. The molecule has 1 N–H and O–H groups in total. The Labute approximate surface area is 161 Å². The van der Waals surface area contributed by atoms with Gasteiger partial charge in [-0.25, -0.2) is 5.43 Å². The van der Waals surface area contributed by atoms with Crippen LogP contribution in [0.5, 0.6) is 11.5 Å². The summed E-state index contributed by atoms with van der Waals surface area (Å²) in [5.41, 5.74) is 3.36. The first-order chi connectivity index (χ1) is 12.2. The van der Waals surface area contributed by atoms with Gasteiger partial charge >= 0.3 is 0 Å². The quantitative estimate of drug-likeness (QED) is 0.271. The Morgan fingerprint density at radius 3 is 2.36 bits per heavy atom. The number of halogens is 1. The van der Waals surface area contributed by atoms with E-state index in [0.717, 1.165) is 27.7 Å². The molecule has 0 atom stereocenters. The van der Waals surface area contributed by atoms with Crippen molar-refractivity contribution in [3.63, 3.8) is 0 Å². The van der Waals surface area contributed by atoms with Crippen LogP contribution in [0.2, 0.25) is 0 Å². The molecular weight excluding hydrogens is 431 g/mol. The second-order valence-corrected chi connectivity index (χ2v) is 6.55. The fraction of sp³-hybridized carbons (Fsp3) is 0.263. The molecule has 0 saturated carbocycles. The molecule has 0 fully saturated rings. The Bertz CT molecular complexity index is 685. The summed E-state index contributed by atoms with van der Waals surface area (Å²) in [5.74, 6) is 1.09. The van der Waals surface area contributed by atoms with E-state index in [9.17, 15) is 4.79 Å². The summed E-state index contributed by atoms with van der Waals surface area (Å²) >= 11 is 2.23. The van der Waals surface area contributed by atoms with Gasteiger partial charge in [0.25, 0.3) is 5.91 Å². The maximum atomic E-state index is 11.7. The summed E-state index contributed by atoms with van der Waals surface area (Å²) < 4.78 is 12.1. The predicted octanol–water partition coefficient (Wildman–Crippen LogP) is 4.00. The summed E-state index contributed by atoms with van der Waals surface area (Å²) in [5, 5.41) is 3.91. The minimum Gasteiger partial charge on any atom is -0.494 e. The molecule has 0 unspecified atom stereocenters. The van der Waals surface area contributed by atoms with Crippen molar-refractivity contribution in [1.29, 1.82) is 0 Å². The number of rotatable bonds is 9. The van der Waals surface area contributed by atoms with E-state index in [1.807, 2.05) is 36.4 Å². The van der Waals surface area contributed by atoms with E-state index in [0.29, 0.717) is 12.4 Å². The van der Waals surface area contributed by atoms with Gasteiger partial charge in [-0.15, -0.1) is 0 Å². The topological polar surface area (TPSA) is 59.9 Å². The van der Waals surface area contributed by atoms with Crippen molar-refractivity contribution in [2.45, 2.75) is 19.8 Å². The molecule has 2 aromatic rings. The Morgan fingerprint density at radius 2 is 1.72 bits per heavy atom. The van der Waals surface area contributed by atoms with Crippen LogP contribution in [-0.4, -0.2) is 25.3 Å². The molecule has 0 spiro atoms. The van der Waals surface area contributed by atoms with Crippen LogP contribution in [0.3, 0.4) is 0 Å². The van der Waals surface area contributed by atoms with Gasteiger partial charge in [0.15, 0.2) is 6.61 Å². The summed E-state index contributed by atoms with van der Waals surface area (Å²) in [6.07, 6.45) is 3.72. The van der Waals surface area contributed by atoms with Gasteiger partial charge in [0.05, 0.1) is 12.8 Å². The van der Waals surface area contributed by atoms with E-state index in [2.05, 4.69) is 40.0 Å². The van der Waals surface area contributed by atoms with E-state index in [4.69, 9.17) is 9.47 Å². The second kappa shape index (κ2) is 10.7. The third kappa shape index (κ3) is 7.55. The van der Waals surface area contributed by atoms with Crippen molar-refractivity contribution >= 4 is 34.7 Å². The maximum absolute atomic E-state index is 11.7. The number of benzene rings is 2.